The third kappa shape index (κ3) is 3.79. The van der Waals surface area contributed by atoms with Gasteiger partial charge in [0, 0.05) is 23.7 Å². The van der Waals surface area contributed by atoms with Crippen LogP contribution in [0.25, 0.3) is 11.3 Å². The first-order valence-electron chi connectivity index (χ1n) is 5.73. The van der Waals surface area contributed by atoms with Crippen molar-refractivity contribution in [1.29, 1.82) is 0 Å². The average molecular weight is 309 g/mol. The molecule has 0 spiro atoms. The van der Waals surface area contributed by atoms with E-state index in [2.05, 4.69) is 33.7 Å². The zero-order chi connectivity index (χ0) is 14.5. The molecular weight excluding hydrogens is 296 g/mol. The maximum atomic E-state index is 11.7. The van der Waals surface area contributed by atoms with Crippen molar-refractivity contribution < 1.29 is 0 Å². The molecule has 0 radical (unpaired) electrons. The number of pyridine rings is 1. The molecule has 0 bridgehead atoms. The van der Waals surface area contributed by atoms with Crippen molar-refractivity contribution in [3.63, 3.8) is 0 Å². The standard InChI is InChI=1S/C13H13ClN4OS/c1-8(20-9(2)14)7-16-12-6-11(17-18-12)10-4-3-5-15-13(10)19/h3-6H,1-2,7H2,(H,15,19)(H2,16,17,18). The van der Waals surface area contributed by atoms with E-state index in [1.54, 1.807) is 24.4 Å². The van der Waals surface area contributed by atoms with Crippen molar-refractivity contribution >= 4 is 29.2 Å². The lowest BCUT2D eigenvalue weighted by molar-refractivity contribution is 1.08. The van der Waals surface area contributed by atoms with Crippen LogP contribution < -0.4 is 10.9 Å². The number of nitrogens with one attached hydrogen (secondary N) is 3. The van der Waals surface area contributed by atoms with Crippen LogP contribution in [0.1, 0.15) is 0 Å². The molecule has 7 heteroatoms. The Kier molecular flexibility index (Phi) is 4.70. The van der Waals surface area contributed by atoms with Gasteiger partial charge in [0.05, 0.1) is 15.6 Å². The number of hydrogen-bond donors (Lipinski definition) is 3. The minimum absolute atomic E-state index is 0.166. The van der Waals surface area contributed by atoms with Crippen LogP contribution in [-0.4, -0.2) is 21.7 Å². The summed E-state index contributed by atoms with van der Waals surface area (Å²) >= 11 is 6.98. The fraction of sp³-hybridized carbons (Fsp3) is 0.0769. The molecule has 0 atom stereocenters. The molecule has 0 unspecified atom stereocenters. The van der Waals surface area contributed by atoms with E-state index in [0.29, 0.717) is 28.0 Å². The highest BCUT2D eigenvalue weighted by Gasteiger charge is 2.07. The Bertz CT molecular complexity index is 691. The van der Waals surface area contributed by atoms with Gasteiger partial charge in [-0.2, -0.15) is 5.10 Å². The molecule has 3 N–H and O–H groups in total. The summed E-state index contributed by atoms with van der Waals surface area (Å²) in [4.78, 5) is 15.1. The van der Waals surface area contributed by atoms with E-state index in [9.17, 15) is 4.79 Å². The molecule has 0 aliphatic heterocycles. The van der Waals surface area contributed by atoms with Gasteiger partial charge in [0.15, 0.2) is 0 Å². The fourth-order valence-electron chi connectivity index (χ4n) is 1.57. The van der Waals surface area contributed by atoms with Gasteiger partial charge in [-0.25, -0.2) is 0 Å². The van der Waals surface area contributed by atoms with Crippen molar-refractivity contribution in [2.24, 2.45) is 0 Å². The SMILES string of the molecule is C=C(Cl)SC(=C)CNc1cc(-c2ccc[nH]c2=O)[nH]n1. The Morgan fingerprint density at radius 2 is 2.30 bits per heavy atom. The number of rotatable bonds is 6. The number of aromatic nitrogens is 3. The van der Waals surface area contributed by atoms with Gasteiger partial charge in [-0.15, -0.1) is 0 Å². The molecule has 0 saturated heterocycles. The van der Waals surface area contributed by atoms with E-state index in [4.69, 9.17) is 11.6 Å². The first kappa shape index (κ1) is 14.5. The largest absolute Gasteiger partial charge is 0.364 e. The molecule has 2 aromatic heterocycles. The molecule has 104 valence electrons. The van der Waals surface area contributed by atoms with Crippen LogP contribution in [0.5, 0.6) is 0 Å². The smallest absolute Gasteiger partial charge is 0.257 e. The highest BCUT2D eigenvalue weighted by atomic mass is 35.5. The van der Waals surface area contributed by atoms with Crippen LogP contribution in [0.15, 0.2) is 51.6 Å². The number of H-pyrrole nitrogens is 2. The van der Waals surface area contributed by atoms with Gasteiger partial charge >= 0.3 is 0 Å². The Hall–Kier alpha value is -1.92. The van der Waals surface area contributed by atoms with Gasteiger partial charge in [-0.05, 0) is 12.1 Å². The molecule has 2 aromatic rings. The van der Waals surface area contributed by atoms with Crippen molar-refractivity contribution in [3.8, 4) is 11.3 Å². The number of thioether (sulfide) groups is 1. The monoisotopic (exact) mass is 308 g/mol. The molecule has 0 saturated carbocycles. The zero-order valence-electron chi connectivity index (χ0n) is 10.6. The summed E-state index contributed by atoms with van der Waals surface area (Å²) in [6, 6.07) is 5.25. The lowest BCUT2D eigenvalue weighted by Gasteiger charge is -2.04. The van der Waals surface area contributed by atoms with Crippen LogP contribution in [0.4, 0.5) is 5.82 Å². The molecule has 2 heterocycles. The summed E-state index contributed by atoms with van der Waals surface area (Å²) in [7, 11) is 0. The highest BCUT2D eigenvalue weighted by Crippen LogP contribution is 2.25. The fourth-order valence-corrected chi connectivity index (χ4v) is 2.35. The molecule has 0 aliphatic carbocycles. The van der Waals surface area contributed by atoms with E-state index >= 15 is 0 Å². The second-order valence-electron chi connectivity index (χ2n) is 3.93. The van der Waals surface area contributed by atoms with Gasteiger partial charge in [0.2, 0.25) is 0 Å². The molecule has 20 heavy (non-hydrogen) atoms. The van der Waals surface area contributed by atoms with Crippen molar-refractivity contribution in [2.75, 3.05) is 11.9 Å². The van der Waals surface area contributed by atoms with Crippen molar-refractivity contribution in [3.05, 3.63) is 57.2 Å². The maximum absolute atomic E-state index is 11.7. The van der Waals surface area contributed by atoms with Crippen LogP contribution in [-0.2, 0) is 0 Å². The summed E-state index contributed by atoms with van der Waals surface area (Å²) in [6.07, 6.45) is 1.58. The quantitative estimate of drug-likeness (QED) is 0.766. The van der Waals surface area contributed by atoms with E-state index in [-0.39, 0.29) is 5.56 Å². The second-order valence-corrected chi connectivity index (χ2v) is 5.88. The summed E-state index contributed by atoms with van der Waals surface area (Å²) in [6.45, 7) is 7.94. The van der Waals surface area contributed by atoms with Crippen LogP contribution in [0.3, 0.4) is 0 Å². The Morgan fingerprint density at radius 3 is 3.00 bits per heavy atom. The molecule has 5 nitrogen and oxygen atoms in total. The van der Waals surface area contributed by atoms with E-state index in [0.717, 1.165) is 4.91 Å². The summed E-state index contributed by atoms with van der Waals surface area (Å²) in [5, 5.41) is 9.99. The van der Waals surface area contributed by atoms with E-state index in [1.165, 1.54) is 11.8 Å². The lowest BCUT2D eigenvalue weighted by Crippen LogP contribution is -2.06. The van der Waals surface area contributed by atoms with Crippen molar-refractivity contribution in [2.45, 2.75) is 0 Å². The molecular formula is C13H13ClN4OS. The first-order valence-corrected chi connectivity index (χ1v) is 6.93. The van der Waals surface area contributed by atoms with Gasteiger partial charge < -0.3 is 10.3 Å². The maximum Gasteiger partial charge on any atom is 0.257 e. The topological polar surface area (TPSA) is 73.6 Å². The molecule has 2 rings (SSSR count). The third-order valence-electron chi connectivity index (χ3n) is 2.41. The average Bonchev–Trinajstić information content (AvgIpc) is 2.85. The molecule has 0 amide bonds. The van der Waals surface area contributed by atoms with Crippen LogP contribution in [0, 0.1) is 0 Å². The number of halogens is 1. The number of aromatic amines is 2. The molecule has 0 aromatic carbocycles. The minimum atomic E-state index is -0.166. The number of anilines is 1. The highest BCUT2D eigenvalue weighted by molar-refractivity contribution is 8.08. The van der Waals surface area contributed by atoms with Crippen LogP contribution in [0.2, 0.25) is 0 Å². The molecule has 0 aliphatic rings. The number of hydrogen-bond acceptors (Lipinski definition) is 4. The van der Waals surface area contributed by atoms with E-state index < -0.39 is 0 Å². The van der Waals surface area contributed by atoms with Crippen molar-refractivity contribution in [1.82, 2.24) is 15.2 Å². The normalized spacial score (nSPS) is 10.2. The van der Waals surface area contributed by atoms with Gasteiger partial charge in [0.1, 0.15) is 5.82 Å². The van der Waals surface area contributed by atoms with E-state index in [1.807, 2.05) is 0 Å². The predicted molar refractivity (Wildman–Crippen MR) is 84.9 cm³/mol. The predicted octanol–water partition coefficient (Wildman–Crippen LogP) is 3.13. The first-order chi connectivity index (χ1) is 9.56. The van der Waals surface area contributed by atoms with Gasteiger partial charge in [0.25, 0.3) is 5.56 Å². The van der Waals surface area contributed by atoms with Gasteiger partial charge in [-0.1, -0.05) is 36.5 Å². The zero-order valence-corrected chi connectivity index (χ0v) is 12.1. The summed E-state index contributed by atoms with van der Waals surface area (Å²) in [5.74, 6) is 0.630. The summed E-state index contributed by atoms with van der Waals surface area (Å²) in [5.41, 5.74) is 1.02. The third-order valence-corrected chi connectivity index (χ3v) is 3.29. The lowest BCUT2D eigenvalue weighted by atomic mass is 10.2. The Morgan fingerprint density at radius 1 is 1.50 bits per heavy atom. The van der Waals surface area contributed by atoms with Crippen LogP contribution >= 0.6 is 23.4 Å². The second kappa shape index (κ2) is 6.49. The van der Waals surface area contributed by atoms with Gasteiger partial charge in [-0.3, -0.25) is 9.89 Å². The molecule has 0 fully saturated rings. The Balaban J connectivity index is 2.03. The minimum Gasteiger partial charge on any atom is -0.364 e. The number of nitrogens with zero attached hydrogens (tertiary/aromatic N) is 1. The summed E-state index contributed by atoms with van der Waals surface area (Å²) < 4.78 is 0.468. The Labute approximate surface area is 125 Å².